The second-order valence-electron chi connectivity index (χ2n) is 9.16. The number of nitrogens with zero attached hydrogens (tertiary/aromatic N) is 2. The lowest BCUT2D eigenvalue weighted by atomic mass is 9.59. The topological polar surface area (TPSA) is 66.9 Å². The molecule has 7 heteroatoms. The van der Waals surface area contributed by atoms with Crippen LogP contribution in [0.4, 0.5) is 0 Å². The standard InChI is InChI=1S/C26H34N2O4S/c1-5-27(6-2)26-23(17-32-19(4)29)22-16-28(25(24(22)26)20-10-8-7-9-11-20)33(30,31)21-14-12-18(3)13-15-21/h7-15,22-26H,5-6,16-17H2,1-4H3/t22-,23+,24+,25-,26-/m1/s1. The van der Waals surface area contributed by atoms with Crippen LogP contribution in [0.5, 0.6) is 0 Å². The maximum absolute atomic E-state index is 13.9. The van der Waals surface area contributed by atoms with Crippen LogP contribution in [-0.4, -0.2) is 55.9 Å². The van der Waals surface area contributed by atoms with Crippen molar-refractivity contribution in [2.24, 2.45) is 17.8 Å². The van der Waals surface area contributed by atoms with Gasteiger partial charge in [0.1, 0.15) is 0 Å². The number of carbonyl (C=O) groups is 1. The first-order chi connectivity index (χ1) is 15.8. The normalized spacial score (nSPS) is 27.2. The summed E-state index contributed by atoms with van der Waals surface area (Å²) in [6.45, 7) is 10.1. The molecule has 5 atom stereocenters. The Bertz CT molecular complexity index is 1070. The number of aryl methyl sites for hydroxylation is 1. The van der Waals surface area contributed by atoms with E-state index in [2.05, 4.69) is 18.7 Å². The van der Waals surface area contributed by atoms with Crippen molar-refractivity contribution in [3.05, 3.63) is 65.7 Å². The number of hydrogen-bond acceptors (Lipinski definition) is 5. The van der Waals surface area contributed by atoms with Gasteiger partial charge in [-0.1, -0.05) is 61.9 Å². The fraction of sp³-hybridized carbons (Fsp3) is 0.500. The van der Waals surface area contributed by atoms with Crippen LogP contribution in [0.25, 0.3) is 0 Å². The lowest BCUT2D eigenvalue weighted by molar-refractivity contribution is -0.149. The van der Waals surface area contributed by atoms with Gasteiger partial charge in [0.2, 0.25) is 10.0 Å². The second-order valence-corrected chi connectivity index (χ2v) is 11.1. The van der Waals surface area contributed by atoms with Crippen molar-refractivity contribution in [3.63, 3.8) is 0 Å². The van der Waals surface area contributed by atoms with Crippen molar-refractivity contribution >= 4 is 16.0 Å². The fourth-order valence-electron chi connectivity index (χ4n) is 5.85. The zero-order chi connectivity index (χ0) is 23.8. The number of carbonyl (C=O) groups excluding carboxylic acids is 1. The van der Waals surface area contributed by atoms with Crippen molar-refractivity contribution in [3.8, 4) is 0 Å². The van der Waals surface area contributed by atoms with Gasteiger partial charge in [0.05, 0.1) is 17.5 Å². The molecule has 178 valence electrons. The highest BCUT2D eigenvalue weighted by Crippen LogP contribution is 2.58. The van der Waals surface area contributed by atoms with E-state index in [1.54, 1.807) is 16.4 Å². The molecule has 2 aromatic carbocycles. The van der Waals surface area contributed by atoms with Gasteiger partial charge in [-0.2, -0.15) is 4.31 Å². The summed E-state index contributed by atoms with van der Waals surface area (Å²) in [5.41, 5.74) is 2.04. The van der Waals surface area contributed by atoms with E-state index in [0.29, 0.717) is 18.0 Å². The first-order valence-corrected chi connectivity index (χ1v) is 13.2. The molecule has 4 rings (SSSR count). The van der Waals surface area contributed by atoms with Crippen LogP contribution < -0.4 is 0 Å². The van der Waals surface area contributed by atoms with Crippen molar-refractivity contribution in [1.29, 1.82) is 0 Å². The molecule has 6 nitrogen and oxygen atoms in total. The molecular weight excluding hydrogens is 436 g/mol. The van der Waals surface area contributed by atoms with Crippen molar-refractivity contribution in [2.75, 3.05) is 26.2 Å². The van der Waals surface area contributed by atoms with Gasteiger partial charge in [-0.15, -0.1) is 0 Å². The van der Waals surface area contributed by atoms with Crippen LogP contribution in [0.15, 0.2) is 59.5 Å². The highest BCUT2D eigenvalue weighted by atomic mass is 32.2. The first kappa shape index (κ1) is 23.9. The van der Waals surface area contributed by atoms with Gasteiger partial charge in [0, 0.05) is 31.3 Å². The quantitative estimate of drug-likeness (QED) is 0.548. The number of ether oxygens (including phenoxy) is 1. The molecule has 0 unspecified atom stereocenters. The number of hydrogen-bond donors (Lipinski definition) is 0. The number of benzene rings is 2. The zero-order valence-electron chi connectivity index (χ0n) is 19.8. The summed E-state index contributed by atoms with van der Waals surface area (Å²) in [5, 5.41) is 0. The Morgan fingerprint density at radius 3 is 2.27 bits per heavy atom. The maximum Gasteiger partial charge on any atom is 0.302 e. The molecule has 0 spiro atoms. The van der Waals surface area contributed by atoms with E-state index in [0.717, 1.165) is 24.2 Å². The average molecular weight is 471 g/mol. The Kier molecular flexibility index (Phi) is 6.93. The zero-order valence-corrected chi connectivity index (χ0v) is 20.7. The van der Waals surface area contributed by atoms with E-state index in [9.17, 15) is 13.2 Å². The summed E-state index contributed by atoms with van der Waals surface area (Å²) < 4.78 is 34.9. The molecule has 2 aromatic rings. The van der Waals surface area contributed by atoms with Crippen LogP contribution >= 0.6 is 0 Å². The van der Waals surface area contributed by atoms with Gasteiger partial charge >= 0.3 is 5.97 Å². The fourth-order valence-corrected chi connectivity index (χ4v) is 7.53. The Labute approximate surface area is 197 Å². The summed E-state index contributed by atoms with van der Waals surface area (Å²) in [6.07, 6.45) is 0. The van der Waals surface area contributed by atoms with Crippen LogP contribution in [0.2, 0.25) is 0 Å². The number of rotatable bonds is 8. The lowest BCUT2D eigenvalue weighted by Crippen LogP contribution is -2.61. The highest BCUT2D eigenvalue weighted by molar-refractivity contribution is 7.89. The molecule has 2 aliphatic rings. The maximum atomic E-state index is 13.9. The van der Waals surface area contributed by atoms with E-state index < -0.39 is 10.0 Å². The van der Waals surface area contributed by atoms with Gasteiger partial charge in [0.15, 0.2) is 0 Å². The van der Waals surface area contributed by atoms with E-state index >= 15 is 0 Å². The third-order valence-electron chi connectivity index (χ3n) is 7.42. The van der Waals surface area contributed by atoms with Gasteiger partial charge in [0.25, 0.3) is 0 Å². The predicted octanol–water partition coefficient (Wildman–Crippen LogP) is 3.88. The number of fused-ring (bicyclic) bond motifs is 1. The van der Waals surface area contributed by atoms with Gasteiger partial charge in [-0.25, -0.2) is 8.42 Å². The van der Waals surface area contributed by atoms with Gasteiger partial charge < -0.3 is 9.64 Å². The summed E-state index contributed by atoms with van der Waals surface area (Å²) >= 11 is 0. The van der Waals surface area contributed by atoms with E-state index in [1.807, 2.05) is 49.4 Å². The Balaban J connectivity index is 1.77. The van der Waals surface area contributed by atoms with Crippen LogP contribution in [0, 0.1) is 24.7 Å². The monoisotopic (exact) mass is 470 g/mol. The lowest BCUT2D eigenvalue weighted by Gasteiger charge is -2.54. The molecular formula is C26H34N2O4S. The van der Waals surface area contributed by atoms with Crippen LogP contribution in [0.3, 0.4) is 0 Å². The predicted molar refractivity (Wildman–Crippen MR) is 128 cm³/mol. The molecule has 2 fully saturated rings. The minimum Gasteiger partial charge on any atom is -0.466 e. The van der Waals surface area contributed by atoms with Crippen LogP contribution in [-0.2, 0) is 19.6 Å². The van der Waals surface area contributed by atoms with E-state index in [-0.39, 0.29) is 35.8 Å². The molecule has 0 radical (unpaired) electrons. The molecule has 1 aliphatic heterocycles. The molecule has 0 aromatic heterocycles. The molecule has 33 heavy (non-hydrogen) atoms. The summed E-state index contributed by atoms with van der Waals surface area (Å²) in [5.74, 6) is 0.107. The Morgan fingerprint density at radius 2 is 1.70 bits per heavy atom. The third-order valence-corrected chi connectivity index (χ3v) is 9.29. The number of sulfonamides is 1. The average Bonchev–Trinajstić information content (AvgIpc) is 3.14. The first-order valence-electron chi connectivity index (χ1n) is 11.8. The minimum atomic E-state index is -3.69. The number of esters is 1. The molecule has 1 heterocycles. The summed E-state index contributed by atoms with van der Waals surface area (Å²) in [7, 11) is -3.69. The Hall–Kier alpha value is -2.22. The SMILES string of the molecule is CCN(CC)[C@@H]1[C@@H](COC(C)=O)[C@H]2CN(S(=O)(=O)c3ccc(C)cc3)[C@H](c3ccccc3)[C@H]21. The minimum absolute atomic E-state index is 0.114. The molecule has 0 bridgehead atoms. The van der Waals surface area contributed by atoms with E-state index in [4.69, 9.17) is 4.74 Å². The molecule has 1 aliphatic carbocycles. The second kappa shape index (κ2) is 9.57. The molecule has 1 saturated heterocycles. The molecule has 0 amide bonds. The van der Waals surface area contributed by atoms with E-state index in [1.165, 1.54) is 6.92 Å². The Morgan fingerprint density at radius 1 is 1.06 bits per heavy atom. The van der Waals surface area contributed by atoms with Gasteiger partial charge in [-0.05, 0) is 43.6 Å². The van der Waals surface area contributed by atoms with Crippen molar-refractivity contribution in [1.82, 2.24) is 9.21 Å². The molecule has 1 saturated carbocycles. The summed E-state index contributed by atoms with van der Waals surface area (Å²) in [4.78, 5) is 14.3. The smallest absolute Gasteiger partial charge is 0.302 e. The largest absolute Gasteiger partial charge is 0.466 e. The summed E-state index contributed by atoms with van der Waals surface area (Å²) in [6, 6.07) is 17.0. The van der Waals surface area contributed by atoms with Crippen LogP contribution in [0.1, 0.15) is 37.9 Å². The third kappa shape index (κ3) is 4.34. The highest BCUT2D eigenvalue weighted by Gasteiger charge is 2.63. The molecule has 0 N–H and O–H groups in total. The van der Waals surface area contributed by atoms with Crippen molar-refractivity contribution in [2.45, 2.75) is 44.7 Å². The van der Waals surface area contributed by atoms with Crippen molar-refractivity contribution < 1.29 is 17.9 Å². The van der Waals surface area contributed by atoms with Gasteiger partial charge in [-0.3, -0.25) is 4.79 Å².